The Labute approximate surface area is 189 Å². The van der Waals surface area contributed by atoms with Gasteiger partial charge in [-0.3, -0.25) is 0 Å². The lowest BCUT2D eigenvalue weighted by molar-refractivity contribution is -0.137. The Kier molecular flexibility index (Phi) is 7.14. The van der Waals surface area contributed by atoms with Crippen LogP contribution < -0.4 is 15.4 Å². The van der Waals surface area contributed by atoms with E-state index in [0.717, 1.165) is 12.1 Å². The van der Waals surface area contributed by atoms with Crippen molar-refractivity contribution in [2.75, 3.05) is 16.9 Å². The second-order valence-corrected chi connectivity index (χ2v) is 7.48. The van der Waals surface area contributed by atoms with Gasteiger partial charge in [-0.25, -0.2) is 9.78 Å². The fourth-order valence-electron chi connectivity index (χ4n) is 2.37. The molecule has 0 aliphatic heterocycles. The molecule has 0 spiro atoms. The van der Waals surface area contributed by atoms with E-state index in [-0.39, 0.29) is 16.4 Å². The summed E-state index contributed by atoms with van der Waals surface area (Å²) in [6.45, 7) is 0. The molecule has 2 aromatic carbocycles. The van der Waals surface area contributed by atoms with Gasteiger partial charge in [0.15, 0.2) is 5.16 Å². The second-order valence-electron chi connectivity index (χ2n) is 5.90. The predicted molar refractivity (Wildman–Crippen MR) is 114 cm³/mol. The van der Waals surface area contributed by atoms with E-state index in [1.807, 2.05) is 6.26 Å². The number of benzene rings is 2. The van der Waals surface area contributed by atoms with E-state index < -0.39 is 22.8 Å². The van der Waals surface area contributed by atoms with Gasteiger partial charge in [0.1, 0.15) is 5.75 Å². The molecule has 2 amide bonds. The van der Waals surface area contributed by atoms with Crippen LogP contribution in [0.1, 0.15) is 5.56 Å². The van der Waals surface area contributed by atoms with Crippen LogP contribution in [-0.4, -0.2) is 22.3 Å². The molecule has 0 atom stereocenters. The number of hydrogen-bond donors (Lipinski definition) is 2. The minimum atomic E-state index is -4.65. The molecule has 0 aliphatic rings. The largest absolute Gasteiger partial charge is 0.439 e. The molecule has 3 aromatic rings. The number of carbonyl (C=O) groups excluding carboxylic acids is 1. The van der Waals surface area contributed by atoms with Gasteiger partial charge in [0.25, 0.3) is 0 Å². The summed E-state index contributed by atoms with van der Waals surface area (Å²) >= 11 is 13.1. The summed E-state index contributed by atoms with van der Waals surface area (Å²) in [6, 6.07) is 8.33. The first kappa shape index (κ1) is 23.0. The van der Waals surface area contributed by atoms with Gasteiger partial charge in [-0.1, -0.05) is 35.0 Å². The fraction of sp³-hybridized carbons (Fsp3) is 0.105. The van der Waals surface area contributed by atoms with Crippen molar-refractivity contribution in [3.8, 4) is 11.6 Å². The summed E-state index contributed by atoms with van der Waals surface area (Å²) in [5.41, 5.74) is -0.913. The zero-order valence-corrected chi connectivity index (χ0v) is 18.0. The summed E-state index contributed by atoms with van der Waals surface area (Å²) < 4.78 is 44.5. The van der Waals surface area contributed by atoms with Crippen molar-refractivity contribution in [1.29, 1.82) is 0 Å². The molecule has 0 aliphatic carbocycles. The number of alkyl halides is 3. The van der Waals surface area contributed by atoms with Crippen LogP contribution in [0.2, 0.25) is 10.0 Å². The van der Waals surface area contributed by atoms with Crippen molar-refractivity contribution in [3.63, 3.8) is 0 Å². The number of urea groups is 1. The van der Waals surface area contributed by atoms with Crippen LogP contribution in [0.5, 0.6) is 11.6 Å². The van der Waals surface area contributed by atoms with Gasteiger partial charge in [0.05, 0.1) is 21.3 Å². The van der Waals surface area contributed by atoms with Crippen molar-refractivity contribution in [2.24, 2.45) is 0 Å². The quantitative estimate of drug-likeness (QED) is 0.299. The Bertz CT molecular complexity index is 1120. The third-order valence-electron chi connectivity index (χ3n) is 3.73. The first-order valence-electron chi connectivity index (χ1n) is 8.45. The van der Waals surface area contributed by atoms with Gasteiger partial charge in [-0.2, -0.15) is 18.2 Å². The average molecular weight is 489 g/mol. The van der Waals surface area contributed by atoms with Gasteiger partial charge >= 0.3 is 12.2 Å². The highest BCUT2D eigenvalue weighted by atomic mass is 35.5. The van der Waals surface area contributed by atoms with Crippen LogP contribution in [0.25, 0.3) is 0 Å². The van der Waals surface area contributed by atoms with Crippen LogP contribution in [0.4, 0.5) is 29.3 Å². The van der Waals surface area contributed by atoms with Gasteiger partial charge in [0, 0.05) is 24.0 Å². The van der Waals surface area contributed by atoms with Gasteiger partial charge in [-0.05, 0) is 36.6 Å². The second kappa shape index (κ2) is 9.63. The van der Waals surface area contributed by atoms with Crippen LogP contribution in [0.15, 0.2) is 53.8 Å². The molecule has 31 heavy (non-hydrogen) atoms. The average Bonchev–Trinajstić information content (AvgIpc) is 2.71. The number of anilines is 2. The lowest BCUT2D eigenvalue weighted by Crippen LogP contribution is -2.20. The molecule has 0 bridgehead atoms. The minimum absolute atomic E-state index is 0.0846. The summed E-state index contributed by atoms with van der Waals surface area (Å²) in [6.07, 6.45) is -1.27. The number of thioether (sulfide) groups is 1. The van der Waals surface area contributed by atoms with Crippen LogP contribution in [0, 0.1) is 0 Å². The molecule has 1 heterocycles. The third kappa shape index (κ3) is 6.16. The SMILES string of the molecule is CSc1nccc(Oc2ccc(NC(=O)Nc3ccc(Cl)c(C(F)(F)F)c3)c(Cl)c2)n1. The molecule has 0 unspecified atom stereocenters. The summed E-state index contributed by atoms with van der Waals surface area (Å²) in [7, 11) is 0. The molecule has 162 valence electrons. The Morgan fingerprint density at radius 1 is 1.06 bits per heavy atom. The highest BCUT2D eigenvalue weighted by Crippen LogP contribution is 2.36. The van der Waals surface area contributed by atoms with Crippen molar-refractivity contribution in [2.45, 2.75) is 11.3 Å². The monoisotopic (exact) mass is 488 g/mol. The van der Waals surface area contributed by atoms with E-state index in [2.05, 4.69) is 20.6 Å². The number of carbonyl (C=O) groups is 1. The molecule has 0 saturated carbocycles. The number of rotatable bonds is 5. The number of halogens is 5. The molecule has 0 radical (unpaired) electrons. The topological polar surface area (TPSA) is 76.1 Å². The van der Waals surface area contributed by atoms with Crippen molar-refractivity contribution in [1.82, 2.24) is 9.97 Å². The lowest BCUT2D eigenvalue weighted by atomic mass is 10.2. The molecule has 3 rings (SSSR count). The highest BCUT2D eigenvalue weighted by molar-refractivity contribution is 7.98. The third-order valence-corrected chi connectivity index (χ3v) is 4.94. The molecule has 0 fully saturated rings. The molecule has 2 N–H and O–H groups in total. The number of ether oxygens (including phenoxy) is 1. The molecular formula is C19H13Cl2F3N4O2S. The standard InChI is InChI=1S/C19H13Cl2F3N4O2S/c1-31-18-25-7-6-16(28-18)30-11-3-5-15(14(21)9-11)27-17(29)26-10-2-4-13(20)12(8-10)19(22,23)24/h2-9H,1H3,(H2,26,27,29). The van der Waals surface area contributed by atoms with Crippen LogP contribution in [-0.2, 0) is 6.18 Å². The molecule has 12 heteroatoms. The molecule has 1 aromatic heterocycles. The normalized spacial score (nSPS) is 11.2. The predicted octanol–water partition coefficient (Wildman–Crippen LogP) is 6.96. The van der Waals surface area contributed by atoms with Crippen molar-refractivity contribution >= 4 is 52.4 Å². The zero-order chi connectivity index (χ0) is 22.6. The van der Waals surface area contributed by atoms with Crippen LogP contribution in [0.3, 0.4) is 0 Å². The number of nitrogens with zero attached hydrogens (tertiary/aromatic N) is 2. The van der Waals surface area contributed by atoms with E-state index >= 15 is 0 Å². The molecule has 0 saturated heterocycles. The van der Waals surface area contributed by atoms with E-state index in [4.69, 9.17) is 27.9 Å². The smallest absolute Gasteiger partial charge is 0.417 e. The maximum absolute atomic E-state index is 13.0. The Hall–Kier alpha value is -2.69. The number of nitrogens with one attached hydrogen (secondary N) is 2. The maximum Gasteiger partial charge on any atom is 0.417 e. The molecule has 6 nitrogen and oxygen atoms in total. The summed E-state index contributed by atoms with van der Waals surface area (Å²) in [5, 5.41) is 4.99. The minimum Gasteiger partial charge on any atom is -0.439 e. The number of amides is 2. The number of aromatic nitrogens is 2. The van der Waals surface area contributed by atoms with Crippen molar-refractivity contribution < 1.29 is 22.7 Å². The van der Waals surface area contributed by atoms with E-state index in [9.17, 15) is 18.0 Å². The van der Waals surface area contributed by atoms with Crippen molar-refractivity contribution in [3.05, 3.63) is 64.3 Å². The van der Waals surface area contributed by atoms with Crippen LogP contribution >= 0.6 is 35.0 Å². The number of hydrogen-bond acceptors (Lipinski definition) is 5. The lowest BCUT2D eigenvalue weighted by Gasteiger charge is -2.13. The van der Waals surface area contributed by atoms with E-state index in [0.29, 0.717) is 16.8 Å². The highest BCUT2D eigenvalue weighted by Gasteiger charge is 2.33. The van der Waals surface area contributed by atoms with E-state index in [1.165, 1.54) is 30.0 Å². The molecular weight excluding hydrogens is 476 g/mol. The maximum atomic E-state index is 13.0. The Balaban J connectivity index is 1.68. The Morgan fingerprint density at radius 2 is 1.84 bits per heavy atom. The van der Waals surface area contributed by atoms with Gasteiger partial charge in [-0.15, -0.1) is 0 Å². The first-order valence-corrected chi connectivity index (χ1v) is 10.4. The van der Waals surface area contributed by atoms with E-state index in [1.54, 1.807) is 18.3 Å². The van der Waals surface area contributed by atoms with Gasteiger partial charge in [0.2, 0.25) is 5.88 Å². The first-order chi connectivity index (χ1) is 14.7. The van der Waals surface area contributed by atoms with Gasteiger partial charge < -0.3 is 15.4 Å². The Morgan fingerprint density at radius 3 is 2.52 bits per heavy atom. The summed E-state index contributed by atoms with van der Waals surface area (Å²) in [5.74, 6) is 0.686. The zero-order valence-electron chi connectivity index (χ0n) is 15.6. The fourth-order valence-corrected chi connectivity index (χ4v) is 3.16. The summed E-state index contributed by atoms with van der Waals surface area (Å²) in [4.78, 5) is 20.4.